The molecule has 2 atom stereocenters. The van der Waals surface area contributed by atoms with Crippen LogP contribution < -0.4 is 11.1 Å². The zero-order valence-electron chi connectivity index (χ0n) is 11.6. The van der Waals surface area contributed by atoms with Crippen LogP contribution in [0.5, 0.6) is 0 Å². The lowest BCUT2D eigenvalue weighted by molar-refractivity contribution is -0.124. The Morgan fingerprint density at radius 1 is 1.26 bits per heavy atom. The summed E-state index contributed by atoms with van der Waals surface area (Å²) in [6.07, 6.45) is 6.31. The Balaban J connectivity index is 1.64. The summed E-state index contributed by atoms with van der Waals surface area (Å²) in [5.41, 5.74) is 5.24. The molecule has 1 aliphatic heterocycles. The van der Waals surface area contributed by atoms with Crippen molar-refractivity contribution >= 4 is 5.91 Å². The largest absolute Gasteiger partial charge is 0.380 e. The van der Waals surface area contributed by atoms with Crippen molar-refractivity contribution in [2.75, 3.05) is 26.3 Å². The molecule has 19 heavy (non-hydrogen) atoms. The third kappa shape index (κ3) is 2.93. The van der Waals surface area contributed by atoms with Gasteiger partial charge in [0.25, 0.3) is 0 Å². The Morgan fingerprint density at radius 3 is 2.84 bits per heavy atom. The lowest BCUT2D eigenvalue weighted by atomic mass is 9.96. The molecule has 5 heteroatoms. The molecule has 0 aromatic carbocycles. The third-order valence-electron chi connectivity index (χ3n) is 4.79. The highest BCUT2D eigenvalue weighted by Gasteiger charge is 2.47. The van der Waals surface area contributed by atoms with Gasteiger partial charge in [-0.15, -0.1) is 0 Å². The van der Waals surface area contributed by atoms with Gasteiger partial charge in [-0.1, -0.05) is 0 Å². The number of primary amides is 1. The Hall–Kier alpha value is -0.650. The molecule has 0 aromatic rings. The minimum absolute atomic E-state index is 0.159. The average molecular weight is 267 g/mol. The molecule has 1 saturated heterocycles. The van der Waals surface area contributed by atoms with Gasteiger partial charge >= 0.3 is 0 Å². The second kappa shape index (κ2) is 5.38. The molecule has 3 N–H and O–H groups in total. The molecule has 108 valence electrons. The van der Waals surface area contributed by atoms with Gasteiger partial charge in [-0.05, 0) is 38.5 Å². The number of amides is 1. The summed E-state index contributed by atoms with van der Waals surface area (Å²) >= 11 is 0. The van der Waals surface area contributed by atoms with Gasteiger partial charge in [0, 0.05) is 31.8 Å². The van der Waals surface area contributed by atoms with Crippen LogP contribution in [0.1, 0.15) is 38.5 Å². The Labute approximate surface area is 114 Å². The van der Waals surface area contributed by atoms with Crippen LogP contribution in [0.2, 0.25) is 0 Å². The fraction of sp³-hybridized carbons (Fsp3) is 0.929. The van der Waals surface area contributed by atoms with Crippen molar-refractivity contribution in [1.82, 2.24) is 10.2 Å². The quantitative estimate of drug-likeness (QED) is 0.765. The van der Waals surface area contributed by atoms with E-state index >= 15 is 0 Å². The highest BCUT2D eigenvalue weighted by atomic mass is 16.5. The first-order chi connectivity index (χ1) is 9.20. The number of hydrogen-bond donors (Lipinski definition) is 2. The zero-order chi connectivity index (χ0) is 13.3. The molecule has 3 fully saturated rings. The van der Waals surface area contributed by atoms with E-state index in [1.165, 1.54) is 12.8 Å². The Kier molecular flexibility index (Phi) is 3.78. The fourth-order valence-corrected chi connectivity index (χ4v) is 3.51. The standard InChI is InChI=1S/C14H25N3O2/c15-13(18)14(16-11-2-3-11)5-4-12(10-14)17-6-1-8-19-9-7-17/h11-12,16H,1-10H2,(H2,15,18). The number of nitrogens with two attached hydrogens (primary N) is 1. The minimum atomic E-state index is -0.445. The summed E-state index contributed by atoms with van der Waals surface area (Å²) in [5, 5.41) is 3.52. The third-order valence-corrected chi connectivity index (χ3v) is 4.79. The van der Waals surface area contributed by atoms with Gasteiger partial charge in [-0.2, -0.15) is 0 Å². The molecule has 2 saturated carbocycles. The number of carbonyl (C=O) groups is 1. The molecule has 0 bridgehead atoms. The van der Waals surface area contributed by atoms with Crippen molar-refractivity contribution in [3.63, 3.8) is 0 Å². The Bertz CT molecular complexity index is 338. The number of ether oxygens (including phenoxy) is 1. The number of rotatable bonds is 4. The van der Waals surface area contributed by atoms with Crippen molar-refractivity contribution in [2.45, 2.75) is 56.1 Å². The van der Waals surface area contributed by atoms with E-state index in [0.717, 1.165) is 52.0 Å². The van der Waals surface area contributed by atoms with Crippen molar-refractivity contribution in [3.8, 4) is 0 Å². The number of carbonyl (C=O) groups excluding carboxylic acids is 1. The summed E-state index contributed by atoms with van der Waals surface area (Å²) in [7, 11) is 0. The van der Waals surface area contributed by atoms with Gasteiger partial charge in [0.15, 0.2) is 0 Å². The van der Waals surface area contributed by atoms with Gasteiger partial charge < -0.3 is 15.8 Å². The summed E-state index contributed by atoms with van der Waals surface area (Å²) in [5.74, 6) is -0.159. The smallest absolute Gasteiger partial charge is 0.237 e. The molecule has 5 nitrogen and oxygen atoms in total. The van der Waals surface area contributed by atoms with E-state index < -0.39 is 5.54 Å². The summed E-state index contributed by atoms with van der Waals surface area (Å²) < 4.78 is 5.51. The minimum Gasteiger partial charge on any atom is -0.380 e. The normalized spacial score (nSPS) is 37.2. The molecule has 2 aliphatic carbocycles. The maximum atomic E-state index is 11.9. The van der Waals surface area contributed by atoms with E-state index in [-0.39, 0.29) is 5.91 Å². The van der Waals surface area contributed by atoms with Crippen LogP contribution in [0.15, 0.2) is 0 Å². The first kappa shape index (κ1) is 13.3. The first-order valence-corrected chi connectivity index (χ1v) is 7.59. The second-order valence-electron chi connectivity index (χ2n) is 6.26. The molecule has 0 spiro atoms. The maximum absolute atomic E-state index is 11.9. The van der Waals surface area contributed by atoms with E-state index in [0.29, 0.717) is 12.1 Å². The summed E-state index contributed by atoms with van der Waals surface area (Å²) in [6.45, 7) is 3.76. The van der Waals surface area contributed by atoms with Crippen molar-refractivity contribution in [3.05, 3.63) is 0 Å². The molecule has 0 aromatic heterocycles. The molecule has 3 rings (SSSR count). The molecule has 3 aliphatic rings. The second-order valence-corrected chi connectivity index (χ2v) is 6.26. The average Bonchev–Trinajstić information content (AvgIpc) is 3.14. The van der Waals surface area contributed by atoms with Gasteiger partial charge in [-0.25, -0.2) is 0 Å². The topological polar surface area (TPSA) is 67.6 Å². The van der Waals surface area contributed by atoms with Crippen molar-refractivity contribution in [1.29, 1.82) is 0 Å². The van der Waals surface area contributed by atoms with Crippen LogP contribution in [-0.4, -0.2) is 54.7 Å². The molecule has 0 radical (unpaired) electrons. The van der Waals surface area contributed by atoms with Gasteiger partial charge in [0.1, 0.15) is 0 Å². The van der Waals surface area contributed by atoms with Crippen LogP contribution in [0.25, 0.3) is 0 Å². The van der Waals surface area contributed by atoms with E-state index in [4.69, 9.17) is 10.5 Å². The van der Waals surface area contributed by atoms with E-state index in [1.807, 2.05) is 0 Å². The molecular weight excluding hydrogens is 242 g/mol. The maximum Gasteiger partial charge on any atom is 0.237 e. The van der Waals surface area contributed by atoms with Crippen LogP contribution in [-0.2, 0) is 9.53 Å². The molecule has 1 amide bonds. The first-order valence-electron chi connectivity index (χ1n) is 7.59. The SMILES string of the molecule is NC(=O)C1(NC2CC2)CCC(N2CCCOCC2)C1. The van der Waals surface area contributed by atoms with Crippen molar-refractivity contribution in [2.24, 2.45) is 5.73 Å². The number of nitrogens with zero attached hydrogens (tertiary/aromatic N) is 1. The highest BCUT2D eigenvalue weighted by molar-refractivity contribution is 5.85. The molecule has 2 unspecified atom stereocenters. The van der Waals surface area contributed by atoms with E-state index in [1.54, 1.807) is 0 Å². The van der Waals surface area contributed by atoms with Crippen LogP contribution in [0.4, 0.5) is 0 Å². The van der Waals surface area contributed by atoms with Gasteiger partial charge in [0.05, 0.1) is 12.1 Å². The van der Waals surface area contributed by atoms with Crippen molar-refractivity contribution < 1.29 is 9.53 Å². The van der Waals surface area contributed by atoms with Crippen LogP contribution in [0.3, 0.4) is 0 Å². The predicted octanol–water partition coefficient (Wildman–Crippen LogP) is 0.237. The molecule has 1 heterocycles. The van der Waals surface area contributed by atoms with E-state index in [2.05, 4.69) is 10.2 Å². The predicted molar refractivity (Wildman–Crippen MR) is 72.7 cm³/mol. The van der Waals surface area contributed by atoms with Gasteiger partial charge in [0.2, 0.25) is 5.91 Å². The van der Waals surface area contributed by atoms with Crippen LogP contribution in [0, 0.1) is 0 Å². The lowest BCUT2D eigenvalue weighted by Crippen LogP contribution is -2.55. The Morgan fingerprint density at radius 2 is 2.11 bits per heavy atom. The lowest BCUT2D eigenvalue weighted by Gasteiger charge is -2.31. The monoisotopic (exact) mass is 267 g/mol. The summed E-state index contributed by atoms with van der Waals surface area (Å²) in [4.78, 5) is 14.4. The molecular formula is C14H25N3O2. The number of nitrogens with one attached hydrogen (secondary N) is 1. The zero-order valence-corrected chi connectivity index (χ0v) is 11.6. The van der Waals surface area contributed by atoms with Crippen LogP contribution >= 0.6 is 0 Å². The van der Waals surface area contributed by atoms with E-state index in [9.17, 15) is 4.79 Å². The van der Waals surface area contributed by atoms with Gasteiger partial charge in [-0.3, -0.25) is 9.69 Å². The number of hydrogen-bond acceptors (Lipinski definition) is 4. The fourth-order valence-electron chi connectivity index (χ4n) is 3.51. The highest BCUT2D eigenvalue weighted by Crippen LogP contribution is 2.36. The summed E-state index contributed by atoms with van der Waals surface area (Å²) in [6, 6.07) is 1.01.